The zero-order valence-corrected chi connectivity index (χ0v) is 13.2. The molecule has 0 aromatic heterocycles. The molecule has 0 aliphatic carbocycles. The third kappa shape index (κ3) is 5.14. The second-order valence-corrected chi connectivity index (χ2v) is 5.36. The van der Waals surface area contributed by atoms with Gasteiger partial charge in [-0.1, -0.05) is 18.2 Å². The summed E-state index contributed by atoms with van der Waals surface area (Å²) in [7, 11) is 0. The number of ketones is 1. The summed E-state index contributed by atoms with van der Waals surface area (Å²) in [6.45, 7) is 4.30. The Hall–Kier alpha value is -1.39. The van der Waals surface area contributed by atoms with Gasteiger partial charge in [-0.25, -0.2) is 0 Å². The average Bonchev–Trinajstić information content (AvgIpc) is 2.48. The molecule has 1 aliphatic rings. The molecular weight excluding hydrogens is 288 g/mol. The fourth-order valence-corrected chi connectivity index (χ4v) is 2.64. The van der Waals surface area contributed by atoms with Gasteiger partial charge < -0.3 is 10.6 Å². The van der Waals surface area contributed by atoms with Gasteiger partial charge in [0.15, 0.2) is 5.78 Å². The Kier molecular flexibility index (Phi) is 7.40. The fraction of sp³-hybridized carbons (Fsp3) is 0.500. The molecule has 1 saturated heterocycles. The molecule has 5 heteroatoms. The van der Waals surface area contributed by atoms with E-state index < -0.39 is 0 Å². The minimum absolute atomic E-state index is 0. The van der Waals surface area contributed by atoms with Crippen LogP contribution in [0.2, 0.25) is 0 Å². The number of benzene rings is 1. The lowest BCUT2D eigenvalue weighted by Crippen LogP contribution is -2.33. The van der Waals surface area contributed by atoms with Crippen LogP contribution in [0.25, 0.3) is 0 Å². The van der Waals surface area contributed by atoms with Gasteiger partial charge in [-0.2, -0.15) is 0 Å². The molecule has 2 rings (SSSR count). The van der Waals surface area contributed by atoms with Crippen molar-refractivity contribution in [3.05, 3.63) is 35.4 Å². The lowest BCUT2D eigenvalue weighted by atomic mass is 9.96. The van der Waals surface area contributed by atoms with Crippen LogP contribution in [-0.2, 0) is 0 Å². The largest absolute Gasteiger partial charge is 0.352 e. The van der Waals surface area contributed by atoms with Crippen LogP contribution in [-0.4, -0.2) is 31.3 Å². The van der Waals surface area contributed by atoms with Gasteiger partial charge in [0.05, 0.1) is 5.56 Å². The minimum Gasteiger partial charge on any atom is -0.352 e. The summed E-state index contributed by atoms with van der Waals surface area (Å²) >= 11 is 0. The molecule has 116 valence electrons. The normalized spacial score (nSPS) is 17.7. The number of piperidine rings is 1. The van der Waals surface area contributed by atoms with E-state index in [0.717, 1.165) is 19.5 Å². The Bertz CT molecular complexity index is 485. The lowest BCUT2D eigenvalue weighted by molar-refractivity contribution is 0.0936. The van der Waals surface area contributed by atoms with Crippen LogP contribution in [0.4, 0.5) is 0 Å². The van der Waals surface area contributed by atoms with Crippen molar-refractivity contribution in [1.29, 1.82) is 0 Å². The highest BCUT2D eigenvalue weighted by Crippen LogP contribution is 2.13. The molecule has 1 fully saturated rings. The quantitative estimate of drug-likeness (QED) is 0.821. The smallest absolute Gasteiger partial charge is 0.252 e. The van der Waals surface area contributed by atoms with Gasteiger partial charge in [-0.15, -0.1) is 12.4 Å². The average molecular weight is 311 g/mol. The van der Waals surface area contributed by atoms with Crippen molar-refractivity contribution in [2.24, 2.45) is 5.92 Å². The Morgan fingerprint density at radius 1 is 1.29 bits per heavy atom. The Labute approximate surface area is 132 Å². The van der Waals surface area contributed by atoms with E-state index in [2.05, 4.69) is 10.6 Å². The topological polar surface area (TPSA) is 58.2 Å². The van der Waals surface area contributed by atoms with Crippen molar-refractivity contribution in [2.75, 3.05) is 19.6 Å². The number of hydrogen-bond donors (Lipinski definition) is 2. The van der Waals surface area contributed by atoms with E-state index in [4.69, 9.17) is 0 Å². The monoisotopic (exact) mass is 310 g/mol. The van der Waals surface area contributed by atoms with Crippen molar-refractivity contribution in [3.8, 4) is 0 Å². The number of halogens is 1. The zero-order chi connectivity index (χ0) is 14.4. The second-order valence-electron chi connectivity index (χ2n) is 5.36. The van der Waals surface area contributed by atoms with Crippen LogP contribution in [0.5, 0.6) is 0 Å². The molecule has 1 aromatic carbocycles. The first-order valence-electron chi connectivity index (χ1n) is 7.27. The van der Waals surface area contributed by atoms with Gasteiger partial charge in [0.25, 0.3) is 5.91 Å². The predicted molar refractivity (Wildman–Crippen MR) is 86.2 cm³/mol. The number of hydrogen-bond acceptors (Lipinski definition) is 3. The molecule has 1 amide bonds. The summed E-state index contributed by atoms with van der Waals surface area (Å²) in [4.78, 5) is 23.6. The van der Waals surface area contributed by atoms with Crippen molar-refractivity contribution in [2.45, 2.75) is 26.2 Å². The SMILES string of the molecule is CC(=O)c1ccccc1C(=O)NCCC1CCCNC1.Cl. The first-order valence-corrected chi connectivity index (χ1v) is 7.27. The molecule has 1 atom stereocenters. The summed E-state index contributed by atoms with van der Waals surface area (Å²) < 4.78 is 0. The molecule has 4 nitrogen and oxygen atoms in total. The van der Waals surface area contributed by atoms with Gasteiger partial charge in [-0.05, 0) is 51.3 Å². The summed E-state index contributed by atoms with van der Waals surface area (Å²) in [5, 5.41) is 6.29. The van der Waals surface area contributed by atoms with Crippen molar-refractivity contribution >= 4 is 24.1 Å². The maximum atomic E-state index is 12.1. The standard InChI is InChI=1S/C16H22N2O2.ClH/c1-12(19)14-6-2-3-7-15(14)16(20)18-10-8-13-5-4-9-17-11-13;/h2-3,6-7,13,17H,4-5,8-11H2,1H3,(H,18,20);1H. The number of Topliss-reactive ketones (excluding diaryl/α,β-unsaturated/α-hetero) is 1. The summed E-state index contributed by atoms with van der Waals surface area (Å²) in [5.74, 6) is 0.416. The van der Waals surface area contributed by atoms with Crippen molar-refractivity contribution in [3.63, 3.8) is 0 Å². The molecule has 0 radical (unpaired) electrons. The van der Waals surface area contributed by atoms with Gasteiger partial charge in [-0.3, -0.25) is 9.59 Å². The van der Waals surface area contributed by atoms with E-state index in [9.17, 15) is 9.59 Å². The Morgan fingerprint density at radius 2 is 2.00 bits per heavy atom. The molecular formula is C16H23ClN2O2. The van der Waals surface area contributed by atoms with E-state index in [-0.39, 0.29) is 24.1 Å². The highest BCUT2D eigenvalue weighted by Gasteiger charge is 2.15. The van der Waals surface area contributed by atoms with Gasteiger partial charge >= 0.3 is 0 Å². The van der Waals surface area contributed by atoms with Crippen LogP contribution in [0.3, 0.4) is 0 Å². The highest BCUT2D eigenvalue weighted by molar-refractivity contribution is 6.07. The van der Waals surface area contributed by atoms with E-state index in [1.54, 1.807) is 24.3 Å². The Morgan fingerprint density at radius 3 is 2.62 bits per heavy atom. The van der Waals surface area contributed by atoms with Crippen molar-refractivity contribution < 1.29 is 9.59 Å². The fourth-order valence-electron chi connectivity index (χ4n) is 2.64. The van der Waals surface area contributed by atoms with Gasteiger partial charge in [0, 0.05) is 12.1 Å². The van der Waals surface area contributed by atoms with Gasteiger partial charge in [0.2, 0.25) is 0 Å². The van der Waals surface area contributed by atoms with E-state index in [1.807, 2.05) is 0 Å². The highest BCUT2D eigenvalue weighted by atomic mass is 35.5. The molecule has 1 aromatic rings. The van der Waals surface area contributed by atoms with E-state index in [0.29, 0.717) is 23.6 Å². The molecule has 2 N–H and O–H groups in total. The second kappa shape index (κ2) is 8.80. The summed E-state index contributed by atoms with van der Waals surface area (Å²) in [6, 6.07) is 6.96. The predicted octanol–water partition coefficient (Wildman–Crippen LogP) is 2.43. The maximum absolute atomic E-state index is 12.1. The molecule has 21 heavy (non-hydrogen) atoms. The van der Waals surface area contributed by atoms with Crippen LogP contribution < -0.4 is 10.6 Å². The molecule has 1 unspecified atom stereocenters. The first kappa shape index (κ1) is 17.7. The van der Waals surface area contributed by atoms with Crippen LogP contribution >= 0.6 is 12.4 Å². The van der Waals surface area contributed by atoms with E-state index >= 15 is 0 Å². The van der Waals surface area contributed by atoms with Crippen LogP contribution in [0.1, 0.15) is 46.9 Å². The summed E-state index contributed by atoms with van der Waals surface area (Å²) in [5.41, 5.74) is 0.964. The molecule has 1 aliphatic heterocycles. The molecule has 0 spiro atoms. The Balaban J connectivity index is 0.00000220. The molecule has 1 heterocycles. The number of nitrogens with one attached hydrogen (secondary N) is 2. The van der Waals surface area contributed by atoms with Crippen LogP contribution in [0, 0.1) is 5.92 Å². The number of carbonyl (C=O) groups is 2. The number of carbonyl (C=O) groups excluding carboxylic acids is 2. The number of amides is 1. The summed E-state index contributed by atoms with van der Waals surface area (Å²) in [6.07, 6.45) is 3.43. The maximum Gasteiger partial charge on any atom is 0.252 e. The zero-order valence-electron chi connectivity index (χ0n) is 12.4. The molecule has 0 saturated carbocycles. The van der Waals surface area contributed by atoms with Gasteiger partial charge in [0.1, 0.15) is 0 Å². The third-order valence-electron chi connectivity index (χ3n) is 3.79. The number of rotatable bonds is 5. The molecule has 0 bridgehead atoms. The van der Waals surface area contributed by atoms with Crippen molar-refractivity contribution in [1.82, 2.24) is 10.6 Å². The first-order chi connectivity index (χ1) is 9.68. The van der Waals surface area contributed by atoms with Crippen LogP contribution in [0.15, 0.2) is 24.3 Å². The lowest BCUT2D eigenvalue weighted by Gasteiger charge is -2.22. The van der Waals surface area contributed by atoms with E-state index in [1.165, 1.54) is 19.8 Å². The minimum atomic E-state index is -0.153. The third-order valence-corrected chi connectivity index (χ3v) is 3.79.